The summed E-state index contributed by atoms with van der Waals surface area (Å²) >= 11 is 1.54. The van der Waals surface area contributed by atoms with E-state index in [9.17, 15) is 14.4 Å². The Hall–Kier alpha value is -2.88. The summed E-state index contributed by atoms with van der Waals surface area (Å²) in [6, 6.07) is 5.83. The van der Waals surface area contributed by atoms with Crippen LogP contribution in [0.3, 0.4) is 0 Å². The van der Waals surface area contributed by atoms with Crippen molar-refractivity contribution in [3.8, 4) is 0 Å². The lowest BCUT2D eigenvalue weighted by Gasteiger charge is -2.18. The summed E-state index contributed by atoms with van der Waals surface area (Å²) in [6.07, 6.45) is 3.79. The number of aromatic nitrogens is 5. The molecule has 2 aromatic heterocycles. The molecular weight excluding hydrogens is 368 g/mol. The maximum Gasteiger partial charge on any atom is 0.329 e. The summed E-state index contributed by atoms with van der Waals surface area (Å²) < 4.78 is 2.53. The van der Waals surface area contributed by atoms with Crippen LogP contribution in [0.15, 0.2) is 40.2 Å². The summed E-state index contributed by atoms with van der Waals surface area (Å²) in [5, 5.41) is 7.19. The normalized spacial score (nSPS) is 12.2. The van der Waals surface area contributed by atoms with E-state index >= 15 is 0 Å². The largest absolute Gasteiger partial charge is 0.347 e. The first-order chi connectivity index (χ1) is 13.0. The van der Waals surface area contributed by atoms with Crippen LogP contribution in [0.4, 0.5) is 0 Å². The molecule has 1 aromatic carbocycles. The molecule has 0 bridgehead atoms. The molecule has 0 aliphatic heterocycles. The van der Waals surface area contributed by atoms with E-state index < -0.39 is 23.2 Å². The van der Waals surface area contributed by atoms with Gasteiger partial charge in [-0.15, -0.1) is 0 Å². The van der Waals surface area contributed by atoms with Crippen LogP contribution in [0.5, 0.6) is 0 Å². The number of para-hydroxylation sites is 1. The highest BCUT2D eigenvalue weighted by molar-refractivity contribution is 7.98. The Morgan fingerprint density at radius 3 is 2.81 bits per heavy atom. The highest BCUT2D eigenvalue weighted by Crippen LogP contribution is 2.13. The zero-order valence-corrected chi connectivity index (χ0v) is 15.8. The first-order valence-electron chi connectivity index (χ1n) is 8.36. The molecular formula is C17H20N6O3S. The summed E-state index contributed by atoms with van der Waals surface area (Å²) in [7, 11) is 1.73. The lowest BCUT2D eigenvalue weighted by atomic mass is 10.2. The van der Waals surface area contributed by atoms with Gasteiger partial charge in [0.2, 0.25) is 5.91 Å². The molecule has 10 heteroatoms. The lowest BCUT2D eigenvalue weighted by Crippen LogP contribution is -2.44. The van der Waals surface area contributed by atoms with Gasteiger partial charge in [0, 0.05) is 7.05 Å². The van der Waals surface area contributed by atoms with Crippen LogP contribution < -0.4 is 16.6 Å². The van der Waals surface area contributed by atoms with Crippen molar-refractivity contribution >= 4 is 28.6 Å². The molecule has 3 aromatic rings. The molecule has 0 saturated heterocycles. The van der Waals surface area contributed by atoms with E-state index in [4.69, 9.17) is 0 Å². The molecule has 0 unspecified atom stereocenters. The van der Waals surface area contributed by atoms with E-state index in [1.165, 1.54) is 22.8 Å². The van der Waals surface area contributed by atoms with Gasteiger partial charge in [-0.05, 0) is 30.6 Å². The SMILES string of the molecule is CSCC[C@@H](C(=O)NCc1ncn(C)n1)n1c(=O)[nH]c2ccccc2c1=O. The number of aromatic amines is 1. The molecule has 2 N–H and O–H groups in total. The molecule has 0 spiro atoms. The Morgan fingerprint density at radius 2 is 2.11 bits per heavy atom. The first-order valence-corrected chi connectivity index (χ1v) is 9.75. The van der Waals surface area contributed by atoms with E-state index in [2.05, 4.69) is 20.4 Å². The quantitative estimate of drug-likeness (QED) is 0.607. The maximum atomic E-state index is 12.9. The van der Waals surface area contributed by atoms with Gasteiger partial charge in [-0.3, -0.25) is 14.3 Å². The van der Waals surface area contributed by atoms with Gasteiger partial charge in [0.1, 0.15) is 12.4 Å². The van der Waals surface area contributed by atoms with E-state index in [0.717, 1.165) is 4.57 Å². The average Bonchev–Trinajstić information content (AvgIpc) is 3.07. The predicted molar refractivity (Wildman–Crippen MR) is 104 cm³/mol. The first kappa shape index (κ1) is 18.9. The molecule has 0 radical (unpaired) electrons. The van der Waals surface area contributed by atoms with Gasteiger partial charge in [0.25, 0.3) is 5.56 Å². The van der Waals surface area contributed by atoms with Crippen molar-refractivity contribution in [2.45, 2.75) is 19.0 Å². The second kappa shape index (κ2) is 8.21. The van der Waals surface area contributed by atoms with Gasteiger partial charge >= 0.3 is 5.69 Å². The highest BCUT2D eigenvalue weighted by atomic mass is 32.2. The lowest BCUT2D eigenvalue weighted by molar-refractivity contribution is -0.124. The zero-order valence-electron chi connectivity index (χ0n) is 15.0. The Bertz CT molecular complexity index is 1070. The summed E-state index contributed by atoms with van der Waals surface area (Å²) in [6.45, 7) is 0.121. The number of amides is 1. The Morgan fingerprint density at radius 1 is 1.33 bits per heavy atom. The monoisotopic (exact) mass is 388 g/mol. The molecule has 1 amide bonds. The van der Waals surface area contributed by atoms with Crippen molar-refractivity contribution in [1.29, 1.82) is 0 Å². The second-order valence-corrected chi connectivity index (χ2v) is 6.99. The Balaban J connectivity index is 1.94. The fraction of sp³-hybridized carbons (Fsp3) is 0.353. The van der Waals surface area contributed by atoms with E-state index in [0.29, 0.717) is 28.9 Å². The third kappa shape index (κ3) is 4.11. The highest BCUT2D eigenvalue weighted by Gasteiger charge is 2.24. The predicted octanol–water partition coefficient (Wildman–Crippen LogP) is 0.429. The van der Waals surface area contributed by atoms with Crippen LogP contribution in [0, 0.1) is 0 Å². The van der Waals surface area contributed by atoms with Gasteiger partial charge in [-0.2, -0.15) is 16.9 Å². The van der Waals surface area contributed by atoms with Crippen molar-refractivity contribution in [3.05, 3.63) is 57.3 Å². The molecule has 1 atom stereocenters. The van der Waals surface area contributed by atoms with Crippen LogP contribution in [0.25, 0.3) is 10.9 Å². The molecule has 3 rings (SSSR count). The summed E-state index contributed by atoms with van der Waals surface area (Å²) in [5.74, 6) is 0.659. The van der Waals surface area contributed by atoms with Crippen molar-refractivity contribution < 1.29 is 4.79 Å². The number of H-pyrrole nitrogens is 1. The number of nitrogens with one attached hydrogen (secondary N) is 2. The van der Waals surface area contributed by atoms with Gasteiger partial charge in [0.15, 0.2) is 5.82 Å². The summed E-state index contributed by atoms with van der Waals surface area (Å²) in [4.78, 5) is 44.9. The van der Waals surface area contributed by atoms with Crippen molar-refractivity contribution in [3.63, 3.8) is 0 Å². The van der Waals surface area contributed by atoms with Crippen molar-refractivity contribution in [1.82, 2.24) is 29.6 Å². The number of aryl methyl sites for hydroxylation is 1. The van der Waals surface area contributed by atoms with Gasteiger partial charge in [0.05, 0.1) is 17.4 Å². The molecule has 0 aliphatic carbocycles. The number of rotatable bonds is 7. The van der Waals surface area contributed by atoms with Crippen LogP contribution in [0.2, 0.25) is 0 Å². The smallest absolute Gasteiger partial charge is 0.329 e. The number of nitrogens with zero attached hydrogens (tertiary/aromatic N) is 4. The maximum absolute atomic E-state index is 12.9. The molecule has 2 heterocycles. The number of hydrogen-bond donors (Lipinski definition) is 2. The fourth-order valence-corrected chi connectivity index (χ4v) is 3.27. The molecule has 0 saturated carbocycles. The fourth-order valence-electron chi connectivity index (χ4n) is 2.81. The number of carbonyl (C=O) groups is 1. The standard InChI is InChI=1S/C17H20N6O3S/c1-22-10-19-14(21-22)9-18-15(24)13(7-8-27-2)23-16(25)11-5-3-4-6-12(11)20-17(23)26/h3-6,10,13H,7-9H2,1-2H3,(H,18,24)(H,20,26)/t13-/m0/s1. The zero-order chi connectivity index (χ0) is 19.4. The minimum atomic E-state index is -0.915. The van der Waals surface area contributed by atoms with Crippen molar-refractivity contribution in [2.75, 3.05) is 12.0 Å². The van der Waals surface area contributed by atoms with Gasteiger partial charge in [-0.1, -0.05) is 12.1 Å². The number of carbonyl (C=O) groups excluding carboxylic acids is 1. The Labute approximate surface area is 158 Å². The molecule has 142 valence electrons. The minimum absolute atomic E-state index is 0.121. The minimum Gasteiger partial charge on any atom is -0.347 e. The van der Waals surface area contributed by atoms with E-state index in [1.807, 2.05) is 6.26 Å². The topological polar surface area (TPSA) is 115 Å². The van der Waals surface area contributed by atoms with Gasteiger partial charge < -0.3 is 10.3 Å². The second-order valence-electron chi connectivity index (χ2n) is 6.00. The molecule has 0 fully saturated rings. The third-order valence-corrected chi connectivity index (χ3v) is 4.76. The van der Waals surface area contributed by atoms with E-state index in [-0.39, 0.29) is 6.54 Å². The molecule has 0 aliphatic rings. The van der Waals surface area contributed by atoms with Crippen LogP contribution in [0.1, 0.15) is 18.3 Å². The Kier molecular flexibility index (Phi) is 5.75. The van der Waals surface area contributed by atoms with E-state index in [1.54, 1.807) is 31.3 Å². The van der Waals surface area contributed by atoms with Crippen LogP contribution in [-0.2, 0) is 18.4 Å². The number of thioether (sulfide) groups is 1. The number of fused-ring (bicyclic) bond motifs is 1. The van der Waals surface area contributed by atoms with Gasteiger partial charge in [-0.25, -0.2) is 14.3 Å². The number of hydrogen-bond acceptors (Lipinski definition) is 6. The summed E-state index contributed by atoms with van der Waals surface area (Å²) in [5.41, 5.74) is -0.632. The van der Waals surface area contributed by atoms with Crippen molar-refractivity contribution in [2.24, 2.45) is 7.05 Å². The third-order valence-electron chi connectivity index (χ3n) is 4.11. The molecule has 9 nitrogen and oxygen atoms in total. The molecule has 27 heavy (non-hydrogen) atoms. The number of benzene rings is 1. The van der Waals surface area contributed by atoms with Crippen LogP contribution in [-0.4, -0.2) is 42.2 Å². The van der Waals surface area contributed by atoms with Crippen LogP contribution >= 0.6 is 11.8 Å². The average molecular weight is 388 g/mol.